The Balaban J connectivity index is 3.28. The summed E-state index contributed by atoms with van der Waals surface area (Å²) in [5.41, 5.74) is 1.56. The van der Waals surface area contributed by atoms with Crippen molar-refractivity contribution in [1.82, 2.24) is 0 Å². The second-order valence-corrected chi connectivity index (χ2v) is 3.52. The summed E-state index contributed by atoms with van der Waals surface area (Å²) in [7, 11) is 4.78. The predicted octanol–water partition coefficient (Wildman–Crippen LogP) is 1.90. The third kappa shape index (κ3) is 2.65. The molecular weight excluding hydrogens is 208 g/mol. The maximum absolute atomic E-state index is 9.67. The summed E-state index contributed by atoms with van der Waals surface area (Å²) in [6.07, 6.45) is -0.611. The number of hydrogen-bond acceptors (Lipinski definition) is 4. The minimum Gasteiger partial charge on any atom is -0.497 e. The second kappa shape index (κ2) is 5.72. The van der Waals surface area contributed by atoms with Gasteiger partial charge in [-0.15, -0.1) is 0 Å². The van der Waals surface area contributed by atoms with Gasteiger partial charge in [-0.05, 0) is 19.1 Å². The fourth-order valence-corrected chi connectivity index (χ4v) is 1.62. The SMILES string of the molecule is COCc1cc(OC)cc(C(C)O)c1OC. The first-order valence-corrected chi connectivity index (χ1v) is 5.05. The maximum atomic E-state index is 9.67. The average molecular weight is 226 g/mol. The Hall–Kier alpha value is -1.26. The molecule has 90 valence electrons. The lowest BCUT2D eigenvalue weighted by Gasteiger charge is -2.16. The van der Waals surface area contributed by atoms with Crippen LogP contribution in [0.4, 0.5) is 0 Å². The molecule has 1 aromatic carbocycles. The zero-order chi connectivity index (χ0) is 12.1. The van der Waals surface area contributed by atoms with Crippen molar-refractivity contribution in [2.24, 2.45) is 0 Å². The van der Waals surface area contributed by atoms with Crippen LogP contribution in [0.5, 0.6) is 11.5 Å². The molecule has 0 spiro atoms. The van der Waals surface area contributed by atoms with Gasteiger partial charge in [0, 0.05) is 18.2 Å². The van der Waals surface area contributed by atoms with Gasteiger partial charge in [0.1, 0.15) is 11.5 Å². The Morgan fingerprint density at radius 2 is 1.88 bits per heavy atom. The summed E-state index contributed by atoms with van der Waals surface area (Å²) in [6.45, 7) is 2.11. The molecule has 0 saturated carbocycles. The van der Waals surface area contributed by atoms with Crippen LogP contribution >= 0.6 is 0 Å². The molecule has 16 heavy (non-hydrogen) atoms. The number of aliphatic hydroxyl groups is 1. The largest absolute Gasteiger partial charge is 0.497 e. The van der Waals surface area contributed by atoms with E-state index in [1.165, 1.54) is 0 Å². The van der Waals surface area contributed by atoms with Gasteiger partial charge in [0.2, 0.25) is 0 Å². The molecule has 1 rings (SSSR count). The van der Waals surface area contributed by atoms with Crippen molar-refractivity contribution in [2.45, 2.75) is 19.6 Å². The lowest BCUT2D eigenvalue weighted by Crippen LogP contribution is -2.02. The molecule has 0 saturated heterocycles. The van der Waals surface area contributed by atoms with Gasteiger partial charge in [0.05, 0.1) is 26.9 Å². The lowest BCUT2D eigenvalue weighted by atomic mass is 10.0. The molecule has 0 aliphatic heterocycles. The van der Waals surface area contributed by atoms with E-state index < -0.39 is 6.10 Å². The van der Waals surface area contributed by atoms with E-state index in [1.807, 2.05) is 6.07 Å². The summed E-state index contributed by atoms with van der Waals surface area (Å²) < 4.78 is 15.6. The molecule has 0 heterocycles. The van der Waals surface area contributed by atoms with E-state index in [2.05, 4.69) is 0 Å². The van der Waals surface area contributed by atoms with Crippen LogP contribution < -0.4 is 9.47 Å². The highest BCUT2D eigenvalue weighted by Gasteiger charge is 2.15. The Labute approximate surface area is 95.8 Å². The van der Waals surface area contributed by atoms with Crippen molar-refractivity contribution in [3.05, 3.63) is 23.3 Å². The zero-order valence-electron chi connectivity index (χ0n) is 10.1. The van der Waals surface area contributed by atoms with Crippen molar-refractivity contribution in [2.75, 3.05) is 21.3 Å². The third-order valence-corrected chi connectivity index (χ3v) is 2.36. The van der Waals surface area contributed by atoms with E-state index in [0.717, 1.165) is 5.56 Å². The number of benzene rings is 1. The molecular formula is C12H18O4. The van der Waals surface area contributed by atoms with Crippen LogP contribution in [0.3, 0.4) is 0 Å². The van der Waals surface area contributed by atoms with Crippen LogP contribution in [0.15, 0.2) is 12.1 Å². The molecule has 1 unspecified atom stereocenters. The highest BCUT2D eigenvalue weighted by molar-refractivity contribution is 5.48. The first-order chi connectivity index (χ1) is 7.63. The normalized spacial score (nSPS) is 12.3. The quantitative estimate of drug-likeness (QED) is 0.833. The van der Waals surface area contributed by atoms with E-state index in [9.17, 15) is 5.11 Å². The van der Waals surface area contributed by atoms with Crippen molar-refractivity contribution in [1.29, 1.82) is 0 Å². The van der Waals surface area contributed by atoms with Crippen LogP contribution in [0, 0.1) is 0 Å². The van der Waals surface area contributed by atoms with Crippen molar-refractivity contribution >= 4 is 0 Å². The lowest BCUT2D eigenvalue weighted by molar-refractivity contribution is 0.176. The van der Waals surface area contributed by atoms with Crippen LogP contribution in [-0.4, -0.2) is 26.4 Å². The van der Waals surface area contributed by atoms with E-state index in [0.29, 0.717) is 23.7 Å². The van der Waals surface area contributed by atoms with Crippen LogP contribution in [0.1, 0.15) is 24.2 Å². The Morgan fingerprint density at radius 3 is 2.31 bits per heavy atom. The summed E-state index contributed by atoms with van der Waals surface area (Å²) in [5, 5.41) is 9.67. The monoisotopic (exact) mass is 226 g/mol. The molecule has 1 atom stereocenters. The second-order valence-electron chi connectivity index (χ2n) is 3.52. The molecule has 4 nitrogen and oxygen atoms in total. The average Bonchev–Trinajstić information content (AvgIpc) is 2.28. The minimum absolute atomic E-state index is 0.417. The molecule has 0 bridgehead atoms. The number of aliphatic hydroxyl groups excluding tert-OH is 1. The van der Waals surface area contributed by atoms with Crippen LogP contribution in [-0.2, 0) is 11.3 Å². The third-order valence-electron chi connectivity index (χ3n) is 2.36. The van der Waals surface area contributed by atoms with Gasteiger partial charge >= 0.3 is 0 Å². The highest BCUT2D eigenvalue weighted by Crippen LogP contribution is 2.33. The smallest absolute Gasteiger partial charge is 0.130 e. The molecule has 0 fully saturated rings. The first kappa shape index (κ1) is 12.8. The van der Waals surface area contributed by atoms with Gasteiger partial charge < -0.3 is 19.3 Å². The summed E-state index contributed by atoms with van der Waals surface area (Å²) in [6, 6.07) is 3.61. The van der Waals surface area contributed by atoms with Crippen LogP contribution in [0.2, 0.25) is 0 Å². The summed E-state index contributed by atoms with van der Waals surface area (Å²) in [5.74, 6) is 1.33. The molecule has 1 N–H and O–H groups in total. The fourth-order valence-electron chi connectivity index (χ4n) is 1.62. The van der Waals surface area contributed by atoms with E-state index >= 15 is 0 Å². The van der Waals surface area contributed by atoms with Gasteiger partial charge in [-0.3, -0.25) is 0 Å². The number of methoxy groups -OCH3 is 3. The Bertz CT molecular complexity index is 347. The molecule has 1 aromatic rings. The first-order valence-electron chi connectivity index (χ1n) is 5.05. The number of ether oxygens (including phenoxy) is 3. The molecule has 0 aromatic heterocycles. The zero-order valence-corrected chi connectivity index (χ0v) is 10.1. The van der Waals surface area contributed by atoms with E-state index in [-0.39, 0.29) is 0 Å². The van der Waals surface area contributed by atoms with Gasteiger partial charge in [0.15, 0.2) is 0 Å². The Morgan fingerprint density at radius 1 is 1.19 bits per heavy atom. The minimum atomic E-state index is -0.611. The van der Waals surface area contributed by atoms with E-state index in [1.54, 1.807) is 34.3 Å². The standard InChI is InChI=1S/C12H18O4/c1-8(13)11-6-10(15-3)5-9(7-14-2)12(11)16-4/h5-6,8,13H,7H2,1-4H3. The summed E-state index contributed by atoms with van der Waals surface area (Å²) >= 11 is 0. The number of rotatable bonds is 5. The van der Waals surface area contributed by atoms with Crippen molar-refractivity contribution in [3.8, 4) is 11.5 Å². The van der Waals surface area contributed by atoms with Gasteiger partial charge in [-0.25, -0.2) is 0 Å². The van der Waals surface area contributed by atoms with Crippen molar-refractivity contribution < 1.29 is 19.3 Å². The van der Waals surface area contributed by atoms with Crippen LogP contribution in [0.25, 0.3) is 0 Å². The molecule has 4 heteroatoms. The topological polar surface area (TPSA) is 47.9 Å². The van der Waals surface area contributed by atoms with Gasteiger partial charge in [-0.2, -0.15) is 0 Å². The highest BCUT2D eigenvalue weighted by atomic mass is 16.5. The maximum Gasteiger partial charge on any atom is 0.130 e. The molecule has 0 radical (unpaired) electrons. The predicted molar refractivity (Wildman–Crippen MR) is 60.9 cm³/mol. The van der Waals surface area contributed by atoms with Crippen molar-refractivity contribution in [3.63, 3.8) is 0 Å². The summed E-state index contributed by atoms with van der Waals surface area (Å²) in [4.78, 5) is 0. The van der Waals surface area contributed by atoms with Gasteiger partial charge in [-0.1, -0.05) is 0 Å². The Kier molecular flexibility index (Phi) is 4.58. The number of hydrogen-bond donors (Lipinski definition) is 1. The molecule has 0 amide bonds. The van der Waals surface area contributed by atoms with E-state index in [4.69, 9.17) is 14.2 Å². The molecule has 0 aliphatic rings. The molecule has 0 aliphatic carbocycles. The fraction of sp³-hybridized carbons (Fsp3) is 0.500. The van der Waals surface area contributed by atoms with Gasteiger partial charge in [0.25, 0.3) is 0 Å².